The number of aliphatic hydroxyl groups is 1. The molecule has 1 N–H and O–H groups in total. The summed E-state index contributed by atoms with van der Waals surface area (Å²) in [4.78, 5) is 0. The summed E-state index contributed by atoms with van der Waals surface area (Å²) < 4.78 is 18.7. The molecule has 19 heavy (non-hydrogen) atoms. The van der Waals surface area contributed by atoms with Crippen molar-refractivity contribution in [3.05, 3.63) is 0 Å². The smallest absolute Gasteiger partial charge is 0.128 e. The number of hydrogen-bond donors (Lipinski definition) is 1. The average Bonchev–Trinajstić information content (AvgIpc) is 3.13. The standard InChI is InChI=1S/C15H24O4/c16-12-4-8-13(5-1-9-17-13)15(7-3-11-19-15)14(12)6-2-10-18-14/h12,16H,1-11H2/t12-,13-,14-,15+/m1/s1. The van der Waals surface area contributed by atoms with Gasteiger partial charge in [0.05, 0.1) is 6.10 Å². The molecule has 108 valence electrons. The van der Waals surface area contributed by atoms with Crippen LogP contribution in [0, 0.1) is 0 Å². The Kier molecular flexibility index (Phi) is 2.76. The van der Waals surface area contributed by atoms with Crippen LogP contribution in [0.15, 0.2) is 0 Å². The largest absolute Gasteiger partial charge is 0.390 e. The Balaban J connectivity index is 1.83. The Bertz CT molecular complexity index is 349. The first-order chi connectivity index (χ1) is 9.25. The van der Waals surface area contributed by atoms with E-state index < -0.39 is 17.3 Å². The number of rotatable bonds is 0. The van der Waals surface area contributed by atoms with Gasteiger partial charge in [0.25, 0.3) is 0 Å². The molecule has 4 heteroatoms. The highest BCUT2D eigenvalue weighted by atomic mass is 16.6. The van der Waals surface area contributed by atoms with Crippen molar-refractivity contribution in [3.63, 3.8) is 0 Å². The van der Waals surface area contributed by atoms with Crippen LogP contribution in [0.1, 0.15) is 51.4 Å². The van der Waals surface area contributed by atoms with Crippen LogP contribution in [0.3, 0.4) is 0 Å². The molecular formula is C15H24O4. The van der Waals surface area contributed by atoms with E-state index in [9.17, 15) is 5.11 Å². The quantitative estimate of drug-likeness (QED) is 0.727. The summed E-state index contributed by atoms with van der Waals surface area (Å²) in [5.74, 6) is 0. The third kappa shape index (κ3) is 1.39. The van der Waals surface area contributed by atoms with Gasteiger partial charge in [-0.25, -0.2) is 0 Å². The summed E-state index contributed by atoms with van der Waals surface area (Å²) in [5, 5.41) is 10.7. The van der Waals surface area contributed by atoms with Gasteiger partial charge in [-0.05, 0) is 51.4 Å². The maximum Gasteiger partial charge on any atom is 0.128 e. The maximum atomic E-state index is 10.7. The minimum absolute atomic E-state index is 0.201. The topological polar surface area (TPSA) is 47.9 Å². The van der Waals surface area contributed by atoms with Gasteiger partial charge in [0, 0.05) is 19.8 Å². The van der Waals surface area contributed by atoms with Crippen LogP contribution in [0.2, 0.25) is 0 Å². The van der Waals surface area contributed by atoms with Crippen molar-refractivity contribution in [2.75, 3.05) is 19.8 Å². The molecule has 0 bridgehead atoms. The molecule has 0 amide bonds. The molecular weight excluding hydrogens is 244 g/mol. The second-order valence-corrected chi connectivity index (χ2v) is 6.62. The first kappa shape index (κ1) is 12.6. The Morgan fingerprint density at radius 2 is 1.53 bits per heavy atom. The molecule has 3 spiro atoms. The SMILES string of the molecule is O[C@@H]1CC[C@]2(CCCO2)[C@@]2(CCCO2)[C@@]12CCCO2. The molecule has 4 atom stereocenters. The van der Waals surface area contributed by atoms with Gasteiger partial charge in [0.1, 0.15) is 16.8 Å². The monoisotopic (exact) mass is 268 g/mol. The zero-order chi connectivity index (χ0) is 13.0. The van der Waals surface area contributed by atoms with Gasteiger partial charge in [0.15, 0.2) is 0 Å². The van der Waals surface area contributed by atoms with Gasteiger partial charge in [-0.3, -0.25) is 0 Å². The van der Waals surface area contributed by atoms with Crippen LogP contribution >= 0.6 is 0 Å². The lowest BCUT2D eigenvalue weighted by Crippen LogP contribution is -2.74. The number of hydrogen-bond acceptors (Lipinski definition) is 4. The summed E-state index contributed by atoms with van der Waals surface area (Å²) in [7, 11) is 0. The molecule has 4 fully saturated rings. The van der Waals surface area contributed by atoms with E-state index in [1.165, 1.54) is 0 Å². The fraction of sp³-hybridized carbons (Fsp3) is 1.00. The van der Waals surface area contributed by atoms with E-state index in [0.29, 0.717) is 0 Å². The lowest BCUT2D eigenvalue weighted by Gasteiger charge is -2.59. The average molecular weight is 268 g/mol. The number of fused-ring (bicyclic) bond motifs is 2. The summed E-state index contributed by atoms with van der Waals surface area (Å²) in [6.07, 6.45) is 7.44. The van der Waals surface area contributed by atoms with E-state index in [2.05, 4.69) is 0 Å². The zero-order valence-electron chi connectivity index (χ0n) is 11.5. The van der Waals surface area contributed by atoms with Crippen molar-refractivity contribution in [3.8, 4) is 0 Å². The zero-order valence-corrected chi connectivity index (χ0v) is 11.5. The fourth-order valence-electron chi connectivity index (χ4n) is 5.25. The summed E-state index contributed by atoms with van der Waals surface area (Å²) in [5.41, 5.74) is -1.11. The molecule has 3 aliphatic heterocycles. The summed E-state index contributed by atoms with van der Waals surface area (Å²) in [6.45, 7) is 2.36. The van der Waals surface area contributed by atoms with Gasteiger partial charge in [-0.2, -0.15) is 0 Å². The molecule has 0 radical (unpaired) electrons. The Morgan fingerprint density at radius 1 is 0.789 bits per heavy atom. The molecule has 0 aromatic carbocycles. The second-order valence-electron chi connectivity index (χ2n) is 6.62. The molecule has 0 unspecified atom stereocenters. The minimum Gasteiger partial charge on any atom is -0.390 e. The molecule has 3 saturated heterocycles. The molecule has 4 nitrogen and oxygen atoms in total. The Hall–Kier alpha value is -0.160. The van der Waals surface area contributed by atoms with Crippen LogP contribution in [0.4, 0.5) is 0 Å². The molecule has 0 aromatic rings. The third-order valence-electron chi connectivity index (χ3n) is 5.96. The number of ether oxygens (including phenoxy) is 3. The van der Waals surface area contributed by atoms with Gasteiger partial charge >= 0.3 is 0 Å². The first-order valence-electron chi connectivity index (χ1n) is 7.85. The minimum atomic E-state index is -0.508. The van der Waals surface area contributed by atoms with Crippen LogP contribution in [0.25, 0.3) is 0 Å². The third-order valence-corrected chi connectivity index (χ3v) is 5.96. The maximum absolute atomic E-state index is 10.7. The van der Waals surface area contributed by atoms with E-state index in [1.54, 1.807) is 0 Å². The van der Waals surface area contributed by atoms with E-state index in [0.717, 1.165) is 71.2 Å². The van der Waals surface area contributed by atoms with Gasteiger partial charge < -0.3 is 19.3 Å². The van der Waals surface area contributed by atoms with E-state index in [4.69, 9.17) is 14.2 Å². The molecule has 1 aliphatic carbocycles. The van der Waals surface area contributed by atoms with Gasteiger partial charge in [-0.1, -0.05) is 0 Å². The molecule has 4 aliphatic rings. The van der Waals surface area contributed by atoms with Gasteiger partial charge in [0.2, 0.25) is 0 Å². The van der Waals surface area contributed by atoms with Crippen molar-refractivity contribution >= 4 is 0 Å². The lowest BCUT2D eigenvalue weighted by molar-refractivity contribution is -0.303. The summed E-state index contributed by atoms with van der Waals surface area (Å²) >= 11 is 0. The number of aliphatic hydroxyl groups excluding tert-OH is 1. The normalized spacial score (nSPS) is 53.8. The van der Waals surface area contributed by atoms with Gasteiger partial charge in [-0.15, -0.1) is 0 Å². The highest BCUT2D eigenvalue weighted by molar-refractivity contribution is 5.23. The summed E-state index contributed by atoms with van der Waals surface area (Å²) in [6, 6.07) is 0. The highest BCUT2D eigenvalue weighted by Crippen LogP contribution is 2.60. The van der Waals surface area contributed by atoms with E-state index in [1.807, 2.05) is 0 Å². The van der Waals surface area contributed by atoms with E-state index >= 15 is 0 Å². The van der Waals surface area contributed by atoms with Crippen LogP contribution in [0.5, 0.6) is 0 Å². The fourth-order valence-corrected chi connectivity index (χ4v) is 5.25. The van der Waals surface area contributed by atoms with Crippen LogP contribution in [-0.4, -0.2) is 47.8 Å². The van der Waals surface area contributed by atoms with Crippen molar-refractivity contribution in [1.29, 1.82) is 0 Å². The predicted octanol–water partition coefficient (Wildman–Crippen LogP) is 1.79. The van der Waals surface area contributed by atoms with Crippen LogP contribution in [-0.2, 0) is 14.2 Å². The van der Waals surface area contributed by atoms with E-state index in [-0.39, 0.29) is 5.60 Å². The second kappa shape index (κ2) is 4.17. The van der Waals surface area contributed by atoms with Crippen molar-refractivity contribution in [1.82, 2.24) is 0 Å². The highest BCUT2D eigenvalue weighted by Gasteiger charge is 2.72. The molecule has 4 rings (SSSR count). The van der Waals surface area contributed by atoms with Crippen molar-refractivity contribution in [2.24, 2.45) is 0 Å². The predicted molar refractivity (Wildman–Crippen MR) is 69.0 cm³/mol. The van der Waals surface area contributed by atoms with Crippen LogP contribution < -0.4 is 0 Å². The Morgan fingerprint density at radius 3 is 2.16 bits per heavy atom. The molecule has 3 heterocycles. The molecule has 0 aromatic heterocycles. The lowest BCUT2D eigenvalue weighted by atomic mass is 9.58. The Labute approximate surface area is 114 Å². The van der Waals surface area contributed by atoms with Crippen molar-refractivity contribution < 1.29 is 19.3 Å². The molecule has 1 saturated carbocycles. The van der Waals surface area contributed by atoms with Crippen molar-refractivity contribution in [2.45, 2.75) is 74.3 Å². The first-order valence-corrected chi connectivity index (χ1v) is 7.85.